The van der Waals surface area contributed by atoms with Gasteiger partial charge in [-0.25, -0.2) is 22.4 Å². The van der Waals surface area contributed by atoms with Crippen molar-refractivity contribution < 1.29 is 80.3 Å². The van der Waals surface area contributed by atoms with Crippen LogP contribution in [0.2, 0.25) is 0 Å². The number of rotatable bonds is 2. The Morgan fingerprint density at radius 1 is 0.596 bits per heavy atom. The second-order valence-corrected chi connectivity index (χ2v) is 10.5. The third kappa shape index (κ3) is 11.1. The van der Waals surface area contributed by atoms with Crippen LogP contribution in [-0.4, -0.2) is 17.2 Å². The first-order valence-corrected chi connectivity index (χ1v) is 13.8. The molecular formula is C30H12BBrF16N2O2. The highest BCUT2D eigenvalue weighted by Gasteiger charge is 2.41. The SMILES string of the molecule is N#Cc1cc(F)c(F)cc1Br.OB(O)c1ccc(C(F)(F)F)cc1C(F)(F)F.[C-]#[N+]c1cc(F)c(F)cc1-c1ccc(C(F)(F)F)cc1C(F)(F)F. The topological polar surface area (TPSA) is 68.6 Å². The zero-order valence-corrected chi connectivity index (χ0v) is 26.2. The molecule has 0 aliphatic heterocycles. The lowest BCUT2D eigenvalue weighted by Gasteiger charge is -2.17. The molecule has 0 fully saturated rings. The van der Waals surface area contributed by atoms with Crippen LogP contribution < -0.4 is 5.46 Å². The Morgan fingerprint density at radius 2 is 1.04 bits per heavy atom. The molecule has 0 aliphatic carbocycles. The summed E-state index contributed by atoms with van der Waals surface area (Å²) in [5, 5.41) is 25.6. The Labute approximate surface area is 289 Å². The van der Waals surface area contributed by atoms with Crippen molar-refractivity contribution in [1.29, 1.82) is 5.26 Å². The highest BCUT2D eigenvalue weighted by atomic mass is 79.9. The zero-order valence-electron chi connectivity index (χ0n) is 24.6. The molecule has 276 valence electrons. The molecule has 4 aromatic carbocycles. The van der Waals surface area contributed by atoms with E-state index in [0.29, 0.717) is 36.4 Å². The molecule has 4 nitrogen and oxygen atoms in total. The third-order valence-electron chi connectivity index (χ3n) is 6.20. The Morgan fingerprint density at radius 3 is 1.48 bits per heavy atom. The lowest BCUT2D eigenvalue weighted by Crippen LogP contribution is -2.36. The van der Waals surface area contributed by atoms with Crippen molar-refractivity contribution in [3.63, 3.8) is 0 Å². The normalized spacial score (nSPS) is 11.7. The number of hydrogen-bond acceptors (Lipinski definition) is 3. The summed E-state index contributed by atoms with van der Waals surface area (Å²) in [6, 6.07) is 5.51. The number of nitriles is 1. The van der Waals surface area contributed by atoms with Gasteiger partial charge < -0.3 is 10.0 Å². The van der Waals surface area contributed by atoms with Gasteiger partial charge in [-0.15, -0.1) is 0 Å². The van der Waals surface area contributed by atoms with E-state index in [-0.39, 0.29) is 22.2 Å². The Kier molecular flexibility index (Phi) is 13.6. The Hall–Kier alpha value is -4.80. The predicted molar refractivity (Wildman–Crippen MR) is 153 cm³/mol. The third-order valence-corrected chi connectivity index (χ3v) is 6.85. The maximum atomic E-state index is 13.3. The number of nitrogens with zero attached hydrogens (tertiary/aromatic N) is 2. The van der Waals surface area contributed by atoms with Gasteiger partial charge in [-0.3, -0.25) is 0 Å². The van der Waals surface area contributed by atoms with Crippen molar-refractivity contribution in [1.82, 2.24) is 0 Å². The quantitative estimate of drug-likeness (QED) is 0.0916. The van der Waals surface area contributed by atoms with E-state index in [9.17, 15) is 70.2 Å². The van der Waals surface area contributed by atoms with E-state index in [4.69, 9.17) is 21.9 Å². The van der Waals surface area contributed by atoms with Crippen LogP contribution in [0, 0.1) is 41.2 Å². The number of alkyl halides is 12. The maximum absolute atomic E-state index is 13.3. The first-order valence-electron chi connectivity index (χ1n) is 13.0. The lowest BCUT2D eigenvalue weighted by molar-refractivity contribution is -0.144. The molecule has 0 aliphatic rings. The molecule has 0 atom stereocenters. The molecular weight excluding hydrogens is 815 g/mol. The summed E-state index contributed by atoms with van der Waals surface area (Å²) in [6.45, 7) is 6.84. The minimum atomic E-state index is -5.19. The van der Waals surface area contributed by atoms with Crippen LogP contribution in [-0.2, 0) is 24.7 Å². The van der Waals surface area contributed by atoms with Gasteiger partial charge in [0.2, 0.25) is 0 Å². The number of hydrogen-bond donors (Lipinski definition) is 2. The van der Waals surface area contributed by atoms with Gasteiger partial charge in [0.05, 0.1) is 34.4 Å². The van der Waals surface area contributed by atoms with Crippen molar-refractivity contribution in [2.45, 2.75) is 24.7 Å². The standard InChI is InChI=1S/C15H5F8N.C8H5BF6O2.C7H2BrF2N/c1-24-13-6-12(17)11(16)5-9(13)8-3-2-7(14(18,19)20)4-10(8)15(21,22)23;10-7(11,12)4-1-2-6(9(16)17)5(3-4)8(13,14)15;8-5-2-7(10)6(9)1-4(5)3-11/h2-6H;1-3,16-17H;1-2H. The van der Waals surface area contributed by atoms with Crippen LogP contribution in [0.3, 0.4) is 0 Å². The fourth-order valence-electron chi connectivity index (χ4n) is 3.85. The lowest BCUT2D eigenvalue weighted by atomic mass is 9.76. The molecule has 0 aromatic heterocycles. The van der Waals surface area contributed by atoms with Gasteiger partial charge in [-0.05, 0) is 75.0 Å². The highest BCUT2D eigenvalue weighted by Crippen LogP contribution is 2.44. The summed E-state index contributed by atoms with van der Waals surface area (Å²) < 4.78 is 202. The average molecular weight is 827 g/mol. The first-order chi connectivity index (χ1) is 23.6. The number of benzene rings is 4. The van der Waals surface area contributed by atoms with Crippen LogP contribution in [0.4, 0.5) is 75.9 Å². The first kappa shape index (κ1) is 43.4. The summed E-state index contributed by atoms with van der Waals surface area (Å²) in [5.41, 5.74) is -9.56. The summed E-state index contributed by atoms with van der Waals surface area (Å²) in [6.07, 6.45) is -20.2. The molecule has 52 heavy (non-hydrogen) atoms. The van der Waals surface area contributed by atoms with E-state index >= 15 is 0 Å². The fourth-order valence-corrected chi connectivity index (χ4v) is 4.25. The van der Waals surface area contributed by atoms with Crippen molar-refractivity contribution in [3.8, 4) is 17.2 Å². The van der Waals surface area contributed by atoms with E-state index < -0.39 is 99.6 Å². The van der Waals surface area contributed by atoms with Crippen LogP contribution in [0.1, 0.15) is 27.8 Å². The molecule has 0 bridgehead atoms. The molecule has 4 aromatic rings. The van der Waals surface area contributed by atoms with Gasteiger partial charge in [-0.2, -0.15) is 57.9 Å². The molecule has 0 unspecified atom stereocenters. The summed E-state index contributed by atoms with van der Waals surface area (Å²) in [5.74, 6) is -4.95. The van der Waals surface area contributed by atoms with Crippen LogP contribution in [0.5, 0.6) is 0 Å². The van der Waals surface area contributed by atoms with Crippen LogP contribution in [0.25, 0.3) is 16.0 Å². The van der Waals surface area contributed by atoms with Crippen molar-refractivity contribution in [3.05, 3.63) is 128 Å². The van der Waals surface area contributed by atoms with E-state index in [1.54, 1.807) is 6.07 Å². The molecule has 22 heteroatoms. The van der Waals surface area contributed by atoms with E-state index in [0.717, 1.165) is 12.1 Å². The van der Waals surface area contributed by atoms with Gasteiger partial charge in [0.25, 0.3) is 0 Å². The Balaban J connectivity index is 0.000000291. The monoisotopic (exact) mass is 826 g/mol. The minimum absolute atomic E-state index is 0.0869. The molecule has 2 N–H and O–H groups in total. The van der Waals surface area contributed by atoms with Gasteiger partial charge in [0.1, 0.15) is 11.9 Å². The smallest absolute Gasteiger partial charge is 0.423 e. The molecule has 0 amide bonds. The number of halogens is 17. The predicted octanol–water partition coefficient (Wildman–Crippen LogP) is 10.2. The fraction of sp³-hybridized carbons (Fsp3) is 0.133. The van der Waals surface area contributed by atoms with Gasteiger partial charge in [0.15, 0.2) is 23.1 Å². The average Bonchev–Trinajstić information content (AvgIpc) is 3.02. The van der Waals surface area contributed by atoms with E-state index in [1.165, 1.54) is 0 Å². The van der Waals surface area contributed by atoms with Crippen molar-refractivity contribution in [2.24, 2.45) is 0 Å². The van der Waals surface area contributed by atoms with E-state index in [2.05, 4.69) is 20.8 Å². The van der Waals surface area contributed by atoms with Crippen LogP contribution >= 0.6 is 15.9 Å². The minimum Gasteiger partial charge on any atom is -0.423 e. The maximum Gasteiger partial charge on any atom is 0.489 e. The summed E-state index contributed by atoms with van der Waals surface area (Å²) in [4.78, 5) is 2.80. The van der Waals surface area contributed by atoms with Gasteiger partial charge in [0, 0.05) is 4.47 Å². The highest BCUT2D eigenvalue weighted by molar-refractivity contribution is 9.10. The summed E-state index contributed by atoms with van der Waals surface area (Å²) >= 11 is 2.91. The second-order valence-electron chi connectivity index (χ2n) is 9.68. The molecule has 0 saturated carbocycles. The largest absolute Gasteiger partial charge is 0.489 e. The van der Waals surface area contributed by atoms with Crippen molar-refractivity contribution in [2.75, 3.05) is 0 Å². The van der Waals surface area contributed by atoms with Gasteiger partial charge >= 0.3 is 31.8 Å². The van der Waals surface area contributed by atoms with Gasteiger partial charge in [-0.1, -0.05) is 18.2 Å². The zero-order chi connectivity index (χ0) is 40.1. The second kappa shape index (κ2) is 16.3. The van der Waals surface area contributed by atoms with Crippen molar-refractivity contribution >= 4 is 34.2 Å². The summed E-state index contributed by atoms with van der Waals surface area (Å²) in [7, 11) is -2.49. The van der Waals surface area contributed by atoms with Crippen LogP contribution in [0.15, 0.2) is 65.1 Å². The molecule has 0 heterocycles. The molecule has 0 spiro atoms. The van der Waals surface area contributed by atoms with E-state index in [1.807, 2.05) is 0 Å². The Bertz CT molecular complexity index is 2010. The molecule has 0 radical (unpaired) electrons. The molecule has 0 saturated heterocycles. The molecule has 4 rings (SSSR count).